The largest absolute Gasteiger partial charge is 0.411 e. The Balaban J connectivity index is 1.71. The van der Waals surface area contributed by atoms with Crippen molar-refractivity contribution in [3.05, 3.63) is 119 Å². The predicted octanol–water partition coefficient (Wildman–Crippen LogP) is 6.36. The number of benzene rings is 3. The number of rotatable bonds is 3. The van der Waals surface area contributed by atoms with E-state index in [1.54, 1.807) is 41.5 Å². The van der Waals surface area contributed by atoms with Gasteiger partial charge in [0.25, 0.3) is 22.2 Å². The van der Waals surface area contributed by atoms with E-state index in [-0.39, 0.29) is 27.2 Å². The summed E-state index contributed by atoms with van der Waals surface area (Å²) in [6.45, 7) is 10.2. The lowest BCUT2D eigenvalue weighted by Gasteiger charge is -2.38. The van der Waals surface area contributed by atoms with E-state index in [2.05, 4.69) is 0 Å². The molecule has 0 N–H and O–H groups in total. The molecule has 45 heavy (non-hydrogen) atoms. The van der Waals surface area contributed by atoms with Crippen molar-refractivity contribution in [3.8, 4) is 5.69 Å². The van der Waals surface area contributed by atoms with Crippen molar-refractivity contribution < 1.29 is 26.3 Å². The van der Waals surface area contributed by atoms with E-state index < -0.39 is 62.1 Å². The standard InChI is InChI=1S/C33H28F6N2O4/c1-29(2,3)17-7-9-18(10-8-17)31(32(34,35)36,33(37,38)39)19-11-13-20(14-12-19)40-25(42)21-15-23-24(16-22(21)26(40)43)28(45)41(27(23)44)30(4,5)6/h7-16H,1-6H3. The third kappa shape index (κ3) is 4.64. The van der Waals surface area contributed by atoms with Gasteiger partial charge < -0.3 is 0 Å². The second-order valence-electron chi connectivity index (χ2n) is 13.1. The van der Waals surface area contributed by atoms with Crippen molar-refractivity contribution in [1.29, 1.82) is 0 Å². The molecule has 0 saturated carbocycles. The fraction of sp³-hybridized carbons (Fsp3) is 0.333. The maximum Gasteiger partial charge on any atom is 0.411 e. The minimum atomic E-state index is -5.83. The average molecular weight is 631 g/mol. The number of halogens is 6. The van der Waals surface area contributed by atoms with Crippen LogP contribution in [0.4, 0.5) is 26.3 Å². The van der Waals surface area contributed by atoms with Gasteiger partial charge in [-0.05, 0) is 67.1 Å². The van der Waals surface area contributed by atoms with Gasteiger partial charge in [0.2, 0.25) is 5.41 Å². The molecular weight excluding hydrogens is 602 g/mol. The molecule has 5 aromatic rings. The lowest BCUT2D eigenvalue weighted by Crippen LogP contribution is -2.54. The van der Waals surface area contributed by atoms with Crippen LogP contribution >= 0.6 is 0 Å². The second-order valence-corrected chi connectivity index (χ2v) is 13.1. The topological polar surface area (TPSA) is 78.1 Å². The third-order valence-corrected chi connectivity index (χ3v) is 8.16. The first-order valence-corrected chi connectivity index (χ1v) is 13.8. The predicted molar refractivity (Wildman–Crippen MR) is 159 cm³/mol. The molecule has 5 rings (SSSR count). The van der Waals surface area contributed by atoms with Gasteiger partial charge in [0.15, 0.2) is 0 Å². The summed E-state index contributed by atoms with van der Waals surface area (Å²) in [5.74, 6) is 0. The zero-order valence-corrected chi connectivity index (χ0v) is 25.1. The van der Waals surface area contributed by atoms with Crippen molar-refractivity contribution in [2.45, 2.75) is 70.3 Å². The minimum Gasteiger partial charge on any atom is -0.269 e. The van der Waals surface area contributed by atoms with Gasteiger partial charge in [-0.25, -0.2) is 4.57 Å². The van der Waals surface area contributed by atoms with Crippen molar-refractivity contribution >= 4 is 21.5 Å². The van der Waals surface area contributed by atoms with E-state index in [9.17, 15) is 45.5 Å². The molecule has 12 heteroatoms. The lowest BCUT2D eigenvalue weighted by atomic mass is 9.72. The Bertz CT molecular complexity index is 2070. The van der Waals surface area contributed by atoms with Gasteiger partial charge in [-0.1, -0.05) is 57.2 Å². The Morgan fingerprint density at radius 3 is 1.16 bits per heavy atom. The van der Waals surface area contributed by atoms with E-state index in [1.807, 2.05) is 0 Å². The highest BCUT2D eigenvalue weighted by Crippen LogP contribution is 2.56. The van der Waals surface area contributed by atoms with Crippen LogP contribution in [0.1, 0.15) is 58.2 Å². The normalized spacial score (nSPS) is 13.7. The minimum absolute atomic E-state index is 0.0929. The molecular formula is C33H28F6N2O4. The first-order valence-electron chi connectivity index (χ1n) is 13.8. The van der Waals surface area contributed by atoms with Crippen molar-refractivity contribution in [3.63, 3.8) is 0 Å². The summed E-state index contributed by atoms with van der Waals surface area (Å²) in [7, 11) is 0. The van der Waals surface area contributed by atoms with Gasteiger partial charge in [-0.2, -0.15) is 26.3 Å². The van der Waals surface area contributed by atoms with Gasteiger partial charge in [-0.15, -0.1) is 0 Å². The first kappa shape index (κ1) is 31.9. The van der Waals surface area contributed by atoms with Crippen LogP contribution in [0, 0.1) is 0 Å². The van der Waals surface area contributed by atoms with Gasteiger partial charge in [0.1, 0.15) is 0 Å². The highest BCUT2D eigenvalue weighted by Gasteiger charge is 2.72. The summed E-state index contributed by atoms with van der Waals surface area (Å²) < 4.78 is 89.6. The SMILES string of the molecule is CC(C)(C)c1ccc(C(c2ccc(-n3c(=O)c4cc5c(=O)n(C(C)(C)C)c(=O)c5cc4c3=O)cc2)(C(F)(F)F)C(F)(F)F)cc1. The first-order chi connectivity index (χ1) is 20.5. The Morgan fingerprint density at radius 1 is 0.489 bits per heavy atom. The van der Waals surface area contributed by atoms with Crippen molar-refractivity contribution in [2.75, 3.05) is 0 Å². The van der Waals surface area contributed by atoms with E-state index >= 15 is 0 Å². The number of hydrogen-bond acceptors (Lipinski definition) is 4. The number of alkyl halides is 6. The van der Waals surface area contributed by atoms with Crippen LogP contribution < -0.4 is 22.2 Å². The van der Waals surface area contributed by atoms with Gasteiger partial charge in [0, 0.05) is 5.54 Å². The maximum atomic E-state index is 14.7. The fourth-order valence-corrected chi connectivity index (χ4v) is 5.88. The van der Waals surface area contributed by atoms with Crippen LogP contribution in [0.5, 0.6) is 0 Å². The molecule has 2 aromatic heterocycles. The molecule has 0 bridgehead atoms. The molecule has 6 nitrogen and oxygen atoms in total. The number of fused-ring (bicyclic) bond motifs is 2. The Kier molecular flexibility index (Phi) is 6.92. The lowest BCUT2D eigenvalue weighted by molar-refractivity contribution is -0.288. The van der Waals surface area contributed by atoms with Crippen LogP contribution in [0.2, 0.25) is 0 Å². The van der Waals surface area contributed by atoms with E-state index in [0.29, 0.717) is 22.3 Å². The van der Waals surface area contributed by atoms with Crippen LogP contribution in [0.15, 0.2) is 79.8 Å². The van der Waals surface area contributed by atoms with Gasteiger partial charge >= 0.3 is 12.4 Å². The Hall–Kier alpha value is -4.48. The van der Waals surface area contributed by atoms with Crippen molar-refractivity contribution in [1.82, 2.24) is 9.13 Å². The zero-order valence-electron chi connectivity index (χ0n) is 25.1. The van der Waals surface area contributed by atoms with Crippen LogP contribution in [0.3, 0.4) is 0 Å². The molecule has 0 aliphatic carbocycles. The molecule has 0 aliphatic rings. The summed E-state index contributed by atoms with van der Waals surface area (Å²) in [5, 5.41) is -0.633. The number of nitrogens with zero attached hydrogens (tertiary/aromatic N) is 2. The molecule has 0 unspecified atom stereocenters. The second kappa shape index (κ2) is 9.76. The van der Waals surface area contributed by atoms with Gasteiger partial charge in [-0.3, -0.25) is 23.7 Å². The Morgan fingerprint density at radius 2 is 0.822 bits per heavy atom. The molecule has 2 heterocycles. The Labute approximate surface area is 251 Å². The van der Waals surface area contributed by atoms with E-state index in [0.717, 1.165) is 41.0 Å². The van der Waals surface area contributed by atoms with Crippen LogP contribution in [0.25, 0.3) is 27.2 Å². The number of aromatic nitrogens is 2. The van der Waals surface area contributed by atoms with Crippen LogP contribution in [-0.2, 0) is 16.4 Å². The maximum absolute atomic E-state index is 14.7. The summed E-state index contributed by atoms with van der Waals surface area (Å²) >= 11 is 0. The van der Waals surface area contributed by atoms with Gasteiger partial charge in [0.05, 0.1) is 27.2 Å². The summed E-state index contributed by atoms with van der Waals surface area (Å²) in [5.41, 5.74) is -11.0. The highest BCUT2D eigenvalue weighted by molar-refractivity contribution is 5.98. The molecule has 0 atom stereocenters. The van der Waals surface area contributed by atoms with Crippen molar-refractivity contribution in [2.24, 2.45) is 0 Å². The molecule has 3 aromatic carbocycles. The summed E-state index contributed by atoms with van der Waals surface area (Å²) in [4.78, 5) is 52.7. The number of hydrogen-bond donors (Lipinski definition) is 0. The molecule has 236 valence electrons. The third-order valence-electron chi connectivity index (χ3n) is 8.16. The summed E-state index contributed by atoms with van der Waals surface area (Å²) in [6, 6.07) is 9.14. The van der Waals surface area contributed by atoms with E-state index in [1.165, 1.54) is 12.1 Å². The molecule has 0 spiro atoms. The zero-order chi connectivity index (χ0) is 33.7. The molecule has 0 aliphatic heterocycles. The average Bonchev–Trinajstić information content (AvgIpc) is 3.30. The van der Waals surface area contributed by atoms with Crippen LogP contribution in [-0.4, -0.2) is 21.5 Å². The summed E-state index contributed by atoms with van der Waals surface area (Å²) in [6.07, 6.45) is -11.7. The molecule has 0 radical (unpaired) electrons. The molecule has 0 amide bonds. The molecule has 0 saturated heterocycles. The molecule has 0 fully saturated rings. The monoisotopic (exact) mass is 630 g/mol. The van der Waals surface area contributed by atoms with E-state index in [4.69, 9.17) is 0 Å². The smallest absolute Gasteiger partial charge is 0.269 e. The fourth-order valence-electron chi connectivity index (χ4n) is 5.88. The highest BCUT2D eigenvalue weighted by atomic mass is 19.4. The quantitative estimate of drug-likeness (QED) is 0.217.